The summed E-state index contributed by atoms with van der Waals surface area (Å²) in [5.74, 6) is 0.188. The normalized spacial score (nSPS) is 23.9. The van der Waals surface area contributed by atoms with Crippen molar-refractivity contribution >= 4 is 11.6 Å². The second-order valence-corrected chi connectivity index (χ2v) is 8.39. The largest absolute Gasteiger partial charge is 0.416 e. The minimum absolute atomic E-state index is 0.113. The molecule has 3 heterocycles. The van der Waals surface area contributed by atoms with Crippen LogP contribution < -0.4 is 0 Å². The zero-order valence-electron chi connectivity index (χ0n) is 16.4. The molecule has 3 aromatic rings. The number of hydrogen-bond acceptors (Lipinski definition) is 3. The SMILES string of the molecule is Cc1ccc2nc(C(=O)N3C[C@H]4CC(c5ccccc5C(F)(F)F)C[C@H]4C3)cn2n1. The van der Waals surface area contributed by atoms with Crippen molar-refractivity contribution in [2.24, 2.45) is 11.8 Å². The van der Waals surface area contributed by atoms with Crippen molar-refractivity contribution in [2.45, 2.75) is 31.9 Å². The average Bonchev–Trinajstić information content (AvgIpc) is 3.39. The smallest absolute Gasteiger partial charge is 0.337 e. The summed E-state index contributed by atoms with van der Waals surface area (Å²) < 4.78 is 41.8. The van der Waals surface area contributed by atoms with Crippen molar-refractivity contribution in [3.8, 4) is 0 Å². The number of likely N-dealkylation sites (tertiary alicyclic amines) is 1. The summed E-state index contributed by atoms with van der Waals surface area (Å²) in [6, 6.07) is 9.54. The van der Waals surface area contributed by atoms with Crippen molar-refractivity contribution in [1.29, 1.82) is 0 Å². The predicted octanol–water partition coefficient (Wildman–Crippen LogP) is 4.32. The Labute approximate surface area is 171 Å². The summed E-state index contributed by atoms with van der Waals surface area (Å²) in [6.07, 6.45) is -1.35. The standard InChI is InChI=1S/C22H21F3N4O/c1-13-6-7-20-26-19(12-29(20)27-13)21(30)28-10-15-8-14(9-16(15)11-28)17-4-2-3-5-18(17)22(23,24)25/h2-7,12,14-16H,8-11H2,1H3/t14?,15-,16+. The van der Waals surface area contributed by atoms with Gasteiger partial charge < -0.3 is 4.90 Å². The van der Waals surface area contributed by atoms with E-state index < -0.39 is 11.7 Å². The van der Waals surface area contributed by atoms with Crippen molar-refractivity contribution in [3.05, 3.63) is 65.1 Å². The third-order valence-electron chi connectivity index (χ3n) is 6.42. The van der Waals surface area contributed by atoms with E-state index in [1.54, 1.807) is 27.7 Å². The van der Waals surface area contributed by atoms with Gasteiger partial charge in [0.2, 0.25) is 0 Å². The van der Waals surface area contributed by atoms with Gasteiger partial charge in [0.1, 0.15) is 5.69 Å². The zero-order valence-corrected chi connectivity index (χ0v) is 16.4. The van der Waals surface area contributed by atoms with Crippen molar-refractivity contribution in [1.82, 2.24) is 19.5 Å². The molecule has 1 amide bonds. The van der Waals surface area contributed by atoms with Crippen LogP contribution in [0.25, 0.3) is 5.65 Å². The molecule has 0 radical (unpaired) electrons. The number of rotatable bonds is 2. The van der Waals surface area contributed by atoms with Gasteiger partial charge in [0.25, 0.3) is 5.91 Å². The van der Waals surface area contributed by atoms with E-state index in [9.17, 15) is 18.0 Å². The lowest BCUT2D eigenvalue weighted by atomic mass is 9.91. The van der Waals surface area contributed by atoms with Gasteiger partial charge in [-0.1, -0.05) is 18.2 Å². The van der Waals surface area contributed by atoms with E-state index in [-0.39, 0.29) is 23.7 Å². The summed E-state index contributed by atoms with van der Waals surface area (Å²) in [6.45, 7) is 3.00. The summed E-state index contributed by atoms with van der Waals surface area (Å²) >= 11 is 0. The number of imidazole rings is 1. The summed E-state index contributed by atoms with van der Waals surface area (Å²) in [5, 5.41) is 4.33. The minimum Gasteiger partial charge on any atom is -0.337 e. The molecule has 2 aromatic heterocycles. The molecule has 1 aliphatic carbocycles. The molecule has 1 saturated heterocycles. The molecule has 30 heavy (non-hydrogen) atoms. The first kappa shape index (κ1) is 19.1. The maximum Gasteiger partial charge on any atom is 0.416 e. The van der Waals surface area contributed by atoms with E-state index in [0.29, 0.717) is 42.8 Å². The quantitative estimate of drug-likeness (QED) is 0.628. The van der Waals surface area contributed by atoms with Gasteiger partial charge in [0.05, 0.1) is 17.5 Å². The number of benzene rings is 1. The number of hydrogen-bond donors (Lipinski definition) is 0. The highest BCUT2D eigenvalue weighted by Gasteiger charge is 2.45. The molecule has 5 rings (SSSR count). The Kier molecular flexibility index (Phi) is 4.34. The highest BCUT2D eigenvalue weighted by Crippen LogP contribution is 2.49. The lowest BCUT2D eigenvalue weighted by molar-refractivity contribution is -0.138. The molecule has 156 valence electrons. The maximum atomic E-state index is 13.4. The molecule has 2 aliphatic rings. The predicted molar refractivity (Wildman–Crippen MR) is 104 cm³/mol. The van der Waals surface area contributed by atoms with Crippen LogP contribution in [0.4, 0.5) is 13.2 Å². The Morgan fingerprint density at radius 3 is 2.47 bits per heavy atom. The molecule has 2 fully saturated rings. The van der Waals surface area contributed by atoms with E-state index in [0.717, 1.165) is 5.69 Å². The van der Waals surface area contributed by atoms with Crippen LogP contribution in [0.2, 0.25) is 0 Å². The van der Waals surface area contributed by atoms with Crippen LogP contribution in [0.3, 0.4) is 0 Å². The first-order valence-electron chi connectivity index (χ1n) is 10.1. The molecular formula is C22H21F3N4O. The molecule has 1 aromatic carbocycles. The minimum atomic E-state index is -4.34. The fourth-order valence-corrected chi connectivity index (χ4v) is 5.07. The van der Waals surface area contributed by atoms with Crippen LogP contribution in [-0.4, -0.2) is 38.5 Å². The number of halogens is 3. The Hall–Kier alpha value is -2.90. The fraction of sp³-hybridized carbons (Fsp3) is 0.409. The molecule has 0 spiro atoms. The fourth-order valence-electron chi connectivity index (χ4n) is 5.07. The molecule has 0 N–H and O–H groups in total. The molecular weight excluding hydrogens is 393 g/mol. The summed E-state index contributed by atoms with van der Waals surface area (Å²) in [5.41, 5.74) is 1.66. The van der Waals surface area contributed by atoms with Crippen LogP contribution in [0.5, 0.6) is 0 Å². The van der Waals surface area contributed by atoms with Gasteiger partial charge in [0, 0.05) is 13.1 Å². The molecule has 3 atom stereocenters. The number of amides is 1. The van der Waals surface area contributed by atoms with Gasteiger partial charge in [-0.2, -0.15) is 18.3 Å². The van der Waals surface area contributed by atoms with Gasteiger partial charge >= 0.3 is 6.18 Å². The number of aryl methyl sites for hydroxylation is 1. The Balaban J connectivity index is 1.31. The van der Waals surface area contributed by atoms with Gasteiger partial charge in [-0.15, -0.1) is 0 Å². The molecule has 8 heteroatoms. The second-order valence-electron chi connectivity index (χ2n) is 8.39. The first-order valence-corrected chi connectivity index (χ1v) is 10.1. The van der Waals surface area contributed by atoms with E-state index in [1.807, 2.05) is 19.1 Å². The zero-order chi connectivity index (χ0) is 21.0. The molecule has 0 bridgehead atoms. The van der Waals surface area contributed by atoms with Gasteiger partial charge in [-0.05, 0) is 61.3 Å². The van der Waals surface area contributed by atoms with Crippen LogP contribution in [0.1, 0.15) is 46.1 Å². The van der Waals surface area contributed by atoms with Gasteiger partial charge in [-0.3, -0.25) is 4.79 Å². The van der Waals surface area contributed by atoms with Crippen molar-refractivity contribution < 1.29 is 18.0 Å². The monoisotopic (exact) mass is 414 g/mol. The average molecular weight is 414 g/mol. The summed E-state index contributed by atoms with van der Waals surface area (Å²) in [4.78, 5) is 19.1. The number of nitrogens with zero attached hydrogens (tertiary/aromatic N) is 4. The highest BCUT2D eigenvalue weighted by atomic mass is 19.4. The van der Waals surface area contributed by atoms with E-state index in [4.69, 9.17) is 0 Å². The maximum absolute atomic E-state index is 13.4. The summed E-state index contributed by atoms with van der Waals surface area (Å²) in [7, 11) is 0. The van der Waals surface area contributed by atoms with Crippen molar-refractivity contribution in [2.75, 3.05) is 13.1 Å². The highest BCUT2D eigenvalue weighted by molar-refractivity contribution is 5.93. The van der Waals surface area contributed by atoms with Crippen LogP contribution in [0, 0.1) is 18.8 Å². The Bertz CT molecular complexity index is 1110. The number of carbonyl (C=O) groups is 1. The van der Waals surface area contributed by atoms with E-state index in [2.05, 4.69) is 10.1 Å². The Morgan fingerprint density at radius 2 is 1.77 bits per heavy atom. The Morgan fingerprint density at radius 1 is 1.07 bits per heavy atom. The third kappa shape index (κ3) is 3.24. The number of alkyl halides is 3. The van der Waals surface area contributed by atoms with Crippen LogP contribution in [0.15, 0.2) is 42.6 Å². The van der Waals surface area contributed by atoms with E-state index in [1.165, 1.54) is 12.1 Å². The lowest BCUT2D eigenvalue weighted by Gasteiger charge is -2.21. The second kappa shape index (κ2) is 6.82. The van der Waals surface area contributed by atoms with Crippen LogP contribution >= 0.6 is 0 Å². The molecule has 1 unspecified atom stereocenters. The number of aromatic nitrogens is 3. The number of fused-ring (bicyclic) bond motifs is 2. The third-order valence-corrected chi connectivity index (χ3v) is 6.42. The molecule has 5 nitrogen and oxygen atoms in total. The van der Waals surface area contributed by atoms with Crippen molar-refractivity contribution in [3.63, 3.8) is 0 Å². The molecule has 1 saturated carbocycles. The first-order chi connectivity index (χ1) is 14.3. The topological polar surface area (TPSA) is 50.5 Å². The molecule has 1 aliphatic heterocycles. The van der Waals surface area contributed by atoms with Crippen LogP contribution in [-0.2, 0) is 6.18 Å². The van der Waals surface area contributed by atoms with Gasteiger partial charge in [0.15, 0.2) is 5.65 Å². The lowest BCUT2D eigenvalue weighted by Crippen LogP contribution is -2.30. The van der Waals surface area contributed by atoms with E-state index >= 15 is 0 Å². The number of carbonyl (C=O) groups excluding carboxylic acids is 1. The van der Waals surface area contributed by atoms with Gasteiger partial charge in [-0.25, -0.2) is 9.50 Å².